The molecule has 2 aliphatic rings. The Morgan fingerprint density at radius 2 is 2.26 bits per heavy atom. The van der Waals surface area contributed by atoms with E-state index in [0.29, 0.717) is 17.6 Å². The van der Waals surface area contributed by atoms with E-state index in [2.05, 4.69) is 15.3 Å². The molecule has 1 amide bonds. The van der Waals surface area contributed by atoms with E-state index in [0.717, 1.165) is 19.6 Å². The van der Waals surface area contributed by atoms with E-state index in [9.17, 15) is 4.79 Å². The van der Waals surface area contributed by atoms with Crippen molar-refractivity contribution in [1.82, 2.24) is 14.8 Å². The highest BCUT2D eigenvalue weighted by atomic mass is 16.2. The first-order chi connectivity index (χ1) is 9.28. The summed E-state index contributed by atoms with van der Waals surface area (Å²) in [5, 5.41) is 0. The van der Waals surface area contributed by atoms with E-state index in [1.807, 2.05) is 4.90 Å². The fourth-order valence-electron chi connectivity index (χ4n) is 2.97. The van der Waals surface area contributed by atoms with Crippen molar-refractivity contribution >= 4 is 11.7 Å². The summed E-state index contributed by atoms with van der Waals surface area (Å²) in [6.45, 7) is 3.76. The molecular weight excluding hydrogens is 242 g/mol. The highest BCUT2D eigenvalue weighted by molar-refractivity contribution is 5.92. The Morgan fingerprint density at radius 1 is 1.37 bits per heavy atom. The number of piperazine rings is 1. The van der Waals surface area contributed by atoms with Gasteiger partial charge in [0.05, 0.1) is 0 Å². The number of carbonyl (C=O) groups excluding carboxylic acids is 1. The predicted molar refractivity (Wildman–Crippen MR) is 72.5 cm³/mol. The predicted octanol–water partition coefficient (Wildman–Crippen LogP) is 0.287. The van der Waals surface area contributed by atoms with Crippen LogP contribution in [0.1, 0.15) is 23.3 Å². The molecule has 0 aromatic carbocycles. The highest BCUT2D eigenvalue weighted by Crippen LogP contribution is 2.22. The molecule has 2 aliphatic heterocycles. The van der Waals surface area contributed by atoms with E-state index in [4.69, 9.17) is 5.84 Å². The number of nitrogens with two attached hydrogens (primary N) is 1. The normalized spacial score (nSPS) is 23.2. The average molecular weight is 261 g/mol. The Bertz CT molecular complexity index is 478. The molecule has 102 valence electrons. The largest absolute Gasteiger partial charge is 0.334 e. The number of fused-ring (bicyclic) bond motifs is 1. The molecule has 3 rings (SSSR count). The van der Waals surface area contributed by atoms with Gasteiger partial charge in [0.2, 0.25) is 0 Å². The number of anilines is 1. The molecule has 3 heterocycles. The van der Waals surface area contributed by atoms with Crippen molar-refractivity contribution < 1.29 is 4.79 Å². The van der Waals surface area contributed by atoms with Crippen LogP contribution in [-0.4, -0.2) is 52.9 Å². The Kier molecular flexibility index (Phi) is 3.35. The fourth-order valence-corrected chi connectivity index (χ4v) is 2.97. The van der Waals surface area contributed by atoms with Crippen molar-refractivity contribution in [1.29, 1.82) is 0 Å². The minimum absolute atomic E-state index is 0.00338. The maximum atomic E-state index is 12.4. The molecule has 1 atom stereocenters. The lowest BCUT2D eigenvalue weighted by atomic mass is 10.1. The second-order valence-corrected chi connectivity index (χ2v) is 5.14. The first kappa shape index (κ1) is 12.4. The number of hydrogen-bond donors (Lipinski definition) is 2. The number of rotatable bonds is 2. The molecule has 0 aliphatic carbocycles. The van der Waals surface area contributed by atoms with E-state index >= 15 is 0 Å². The molecule has 19 heavy (non-hydrogen) atoms. The first-order valence-electron chi connectivity index (χ1n) is 6.75. The van der Waals surface area contributed by atoms with Gasteiger partial charge in [0.1, 0.15) is 11.5 Å². The van der Waals surface area contributed by atoms with Crippen LogP contribution in [0.2, 0.25) is 0 Å². The summed E-state index contributed by atoms with van der Waals surface area (Å²) in [4.78, 5) is 21.0. The quantitative estimate of drug-likeness (QED) is 0.591. The lowest BCUT2D eigenvalue weighted by Crippen LogP contribution is -2.52. The van der Waals surface area contributed by atoms with Crippen molar-refractivity contribution in [2.75, 3.05) is 31.6 Å². The van der Waals surface area contributed by atoms with Crippen LogP contribution in [0.25, 0.3) is 0 Å². The summed E-state index contributed by atoms with van der Waals surface area (Å²) in [5.74, 6) is 5.85. The topological polar surface area (TPSA) is 74.5 Å². The number of aromatic nitrogens is 1. The third-order valence-corrected chi connectivity index (χ3v) is 3.99. The van der Waals surface area contributed by atoms with Gasteiger partial charge >= 0.3 is 0 Å². The van der Waals surface area contributed by atoms with E-state index in [1.165, 1.54) is 19.4 Å². The second kappa shape index (κ2) is 5.14. The Hall–Kier alpha value is -1.66. The minimum Gasteiger partial charge on any atom is -0.334 e. The van der Waals surface area contributed by atoms with Crippen LogP contribution >= 0.6 is 0 Å². The van der Waals surface area contributed by atoms with Gasteiger partial charge in [-0.15, -0.1) is 0 Å². The summed E-state index contributed by atoms with van der Waals surface area (Å²) in [6, 6.07) is 5.81. The van der Waals surface area contributed by atoms with Crippen LogP contribution in [0.15, 0.2) is 18.2 Å². The molecular formula is C13H19N5O. The average Bonchev–Trinajstić information content (AvgIpc) is 2.94. The molecule has 1 aromatic rings. The lowest BCUT2D eigenvalue weighted by molar-refractivity contribution is 0.0566. The Labute approximate surface area is 112 Å². The van der Waals surface area contributed by atoms with Gasteiger partial charge in [0.15, 0.2) is 0 Å². The van der Waals surface area contributed by atoms with Gasteiger partial charge < -0.3 is 10.3 Å². The monoisotopic (exact) mass is 261 g/mol. The maximum Gasteiger partial charge on any atom is 0.272 e. The zero-order chi connectivity index (χ0) is 13.2. The van der Waals surface area contributed by atoms with Gasteiger partial charge in [-0.1, -0.05) is 6.07 Å². The highest BCUT2D eigenvalue weighted by Gasteiger charge is 2.33. The zero-order valence-electron chi connectivity index (χ0n) is 10.9. The molecule has 3 N–H and O–H groups in total. The molecule has 6 heteroatoms. The van der Waals surface area contributed by atoms with Crippen molar-refractivity contribution in [3.8, 4) is 0 Å². The van der Waals surface area contributed by atoms with Crippen molar-refractivity contribution in [2.24, 2.45) is 5.84 Å². The Morgan fingerprint density at radius 3 is 3.11 bits per heavy atom. The smallest absolute Gasteiger partial charge is 0.272 e. The van der Waals surface area contributed by atoms with Crippen LogP contribution in [-0.2, 0) is 0 Å². The van der Waals surface area contributed by atoms with Gasteiger partial charge in [-0.3, -0.25) is 9.69 Å². The number of carbonyl (C=O) groups is 1. The van der Waals surface area contributed by atoms with Crippen LogP contribution in [0.4, 0.5) is 5.82 Å². The first-order valence-corrected chi connectivity index (χ1v) is 6.75. The van der Waals surface area contributed by atoms with Gasteiger partial charge in [0, 0.05) is 25.7 Å². The number of pyridine rings is 1. The van der Waals surface area contributed by atoms with E-state index in [1.54, 1.807) is 18.2 Å². The summed E-state index contributed by atoms with van der Waals surface area (Å²) in [7, 11) is 0. The molecule has 6 nitrogen and oxygen atoms in total. The standard InChI is InChI=1S/C13H19N5O/c14-16-12-5-1-4-11(15-12)13(19)18-8-7-17-6-2-3-10(17)9-18/h1,4-5,10H,2-3,6-9,14H2,(H,15,16). The van der Waals surface area contributed by atoms with E-state index in [-0.39, 0.29) is 5.91 Å². The third-order valence-electron chi connectivity index (χ3n) is 3.99. The number of hydrazine groups is 1. The zero-order valence-corrected chi connectivity index (χ0v) is 10.9. The van der Waals surface area contributed by atoms with Gasteiger partial charge in [0.25, 0.3) is 5.91 Å². The minimum atomic E-state index is 0.00338. The van der Waals surface area contributed by atoms with Crippen LogP contribution in [0.3, 0.4) is 0 Å². The maximum absolute atomic E-state index is 12.4. The van der Waals surface area contributed by atoms with Crippen molar-refractivity contribution in [3.05, 3.63) is 23.9 Å². The number of nitrogens with zero attached hydrogens (tertiary/aromatic N) is 3. The van der Waals surface area contributed by atoms with Crippen molar-refractivity contribution in [3.63, 3.8) is 0 Å². The fraction of sp³-hybridized carbons (Fsp3) is 0.538. The van der Waals surface area contributed by atoms with Gasteiger partial charge in [-0.2, -0.15) is 0 Å². The molecule has 1 aromatic heterocycles. The van der Waals surface area contributed by atoms with E-state index < -0.39 is 0 Å². The third kappa shape index (κ3) is 2.41. The molecule has 2 saturated heterocycles. The van der Waals surface area contributed by atoms with Crippen LogP contribution in [0, 0.1) is 0 Å². The lowest BCUT2D eigenvalue weighted by Gasteiger charge is -2.37. The molecule has 2 fully saturated rings. The number of hydrogen-bond acceptors (Lipinski definition) is 5. The number of nitrogens with one attached hydrogen (secondary N) is 1. The summed E-state index contributed by atoms with van der Waals surface area (Å²) < 4.78 is 0. The van der Waals surface area contributed by atoms with Crippen LogP contribution < -0.4 is 11.3 Å². The molecule has 1 unspecified atom stereocenters. The summed E-state index contributed by atoms with van der Waals surface area (Å²) >= 11 is 0. The number of amides is 1. The molecule has 0 bridgehead atoms. The SMILES string of the molecule is NNc1cccc(C(=O)N2CCN3CCCC3C2)n1. The number of nitrogen functional groups attached to an aromatic ring is 1. The summed E-state index contributed by atoms with van der Waals surface area (Å²) in [5.41, 5.74) is 2.93. The van der Waals surface area contributed by atoms with Gasteiger partial charge in [-0.25, -0.2) is 10.8 Å². The van der Waals surface area contributed by atoms with Gasteiger partial charge in [-0.05, 0) is 31.5 Å². The second-order valence-electron chi connectivity index (χ2n) is 5.14. The summed E-state index contributed by atoms with van der Waals surface area (Å²) in [6.07, 6.45) is 2.44. The molecule has 0 spiro atoms. The Balaban J connectivity index is 1.72. The van der Waals surface area contributed by atoms with Crippen molar-refractivity contribution in [2.45, 2.75) is 18.9 Å². The molecule has 0 radical (unpaired) electrons. The van der Waals surface area contributed by atoms with Crippen LogP contribution in [0.5, 0.6) is 0 Å². The molecule has 0 saturated carbocycles.